The van der Waals surface area contributed by atoms with Crippen molar-refractivity contribution in [2.75, 3.05) is 18.7 Å². The maximum atomic E-state index is 12.1. The van der Waals surface area contributed by atoms with Gasteiger partial charge in [-0.3, -0.25) is 14.4 Å². The quantitative estimate of drug-likeness (QED) is 0.254. The molecule has 0 aliphatic carbocycles. The maximum Gasteiger partial charge on any atom is 0.329 e. The van der Waals surface area contributed by atoms with Crippen LogP contribution < -0.4 is 30.3 Å². The molecule has 0 radical (unpaired) electrons. The van der Waals surface area contributed by atoms with Crippen molar-refractivity contribution in [2.45, 2.75) is 13.5 Å². The number of nitrogens with zero attached hydrogens (tertiary/aromatic N) is 1. The summed E-state index contributed by atoms with van der Waals surface area (Å²) in [5.74, 6) is -0.258. The number of amides is 3. The molecular formula is C26H24N4O6. The molecule has 0 aromatic heterocycles. The van der Waals surface area contributed by atoms with Crippen LogP contribution in [-0.2, 0) is 20.9 Å². The van der Waals surface area contributed by atoms with Gasteiger partial charge in [0.15, 0.2) is 18.1 Å². The molecule has 3 N–H and O–H groups in total. The summed E-state index contributed by atoms with van der Waals surface area (Å²) < 4.78 is 16.0. The van der Waals surface area contributed by atoms with Crippen LogP contribution in [0.5, 0.6) is 17.2 Å². The molecule has 0 unspecified atom stereocenters. The predicted molar refractivity (Wildman–Crippen MR) is 132 cm³/mol. The van der Waals surface area contributed by atoms with Gasteiger partial charge in [-0.1, -0.05) is 18.2 Å². The lowest BCUT2D eigenvalue weighted by molar-refractivity contribution is -0.139. The van der Waals surface area contributed by atoms with Crippen molar-refractivity contribution >= 4 is 29.6 Å². The fourth-order valence-corrected chi connectivity index (χ4v) is 3.25. The van der Waals surface area contributed by atoms with E-state index in [1.54, 1.807) is 48.5 Å². The van der Waals surface area contributed by atoms with E-state index < -0.39 is 11.8 Å². The Hall–Kier alpha value is -4.86. The maximum absolute atomic E-state index is 12.1. The van der Waals surface area contributed by atoms with Gasteiger partial charge in [0.25, 0.3) is 5.91 Å². The van der Waals surface area contributed by atoms with E-state index in [9.17, 15) is 14.4 Å². The molecule has 1 aliphatic rings. The Morgan fingerprint density at radius 3 is 2.58 bits per heavy atom. The summed E-state index contributed by atoms with van der Waals surface area (Å²) in [6.45, 7) is 2.11. The molecule has 1 heterocycles. The lowest BCUT2D eigenvalue weighted by Gasteiger charge is -2.08. The number of carbonyl (C=O) groups excluding carboxylic acids is 3. The zero-order chi connectivity index (χ0) is 25.3. The SMILES string of the molecule is Cc1cccc(NC(=O)COc2ccc(/C=N\NC(=O)C(=O)NCc3ccc4c(c3)OCO4)cc2)c1. The van der Waals surface area contributed by atoms with Gasteiger partial charge in [0.1, 0.15) is 5.75 Å². The van der Waals surface area contributed by atoms with Gasteiger partial charge in [-0.15, -0.1) is 0 Å². The van der Waals surface area contributed by atoms with Crippen molar-refractivity contribution in [2.24, 2.45) is 5.10 Å². The smallest absolute Gasteiger partial charge is 0.329 e. The summed E-state index contributed by atoms with van der Waals surface area (Å²) in [6, 6.07) is 19.5. The van der Waals surface area contributed by atoms with E-state index in [4.69, 9.17) is 14.2 Å². The molecule has 0 spiro atoms. The van der Waals surface area contributed by atoms with Gasteiger partial charge in [-0.25, -0.2) is 5.43 Å². The first-order chi connectivity index (χ1) is 17.5. The van der Waals surface area contributed by atoms with Crippen molar-refractivity contribution in [3.63, 3.8) is 0 Å². The predicted octanol–water partition coefficient (Wildman–Crippen LogP) is 2.51. The topological polar surface area (TPSA) is 127 Å². The van der Waals surface area contributed by atoms with Crippen molar-refractivity contribution in [1.29, 1.82) is 0 Å². The first kappa shape index (κ1) is 24.3. The first-order valence-corrected chi connectivity index (χ1v) is 11.1. The minimum Gasteiger partial charge on any atom is -0.484 e. The molecule has 36 heavy (non-hydrogen) atoms. The number of ether oxygens (including phenoxy) is 3. The standard InChI is InChI=1S/C26H24N4O6/c1-17-3-2-4-20(11-17)29-24(31)15-34-21-8-5-18(6-9-21)14-28-30-26(33)25(32)27-13-19-7-10-22-23(12-19)36-16-35-22/h2-12,14H,13,15-16H2,1H3,(H,27,32)(H,29,31)(H,30,33)/b28-14-. The van der Waals surface area contributed by atoms with Crippen LogP contribution in [0.15, 0.2) is 71.8 Å². The Balaban J connectivity index is 1.18. The summed E-state index contributed by atoms with van der Waals surface area (Å²) in [5, 5.41) is 9.08. The first-order valence-electron chi connectivity index (χ1n) is 11.1. The van der Waals surface area contributed by atoms with Gasteiger partial charge < -0.3 is 24.8 Å². The van der Waals surface area contributed by atoms with Crippen LogP contribution in [0, 0.1) is 6.92 Å². The van der Waals surface area contributed by atoms with E-state index in [1.165, 1.54) is 6.21 Å². The average molecular weight is 489 g/mol. The Kier molecular flexibility index (Phi) is 7.76. The Bertz CT molecular complexity index is 1290. The Morgan fingerprint density at radius 1 is 0.972 bits per heavy atom. The second-order valence-electron chi connectivity index (χ2n) is 7.84. The molecule has 0 bridgehead atoms. The summed E-state index contributed by atoms with van der Waals surface area (Å²) >= 11 is 0. The second-order valence-corrected chi connectivity index (χ2v) is 7.84. The number of aryl methyl sites for hydroxylation is 1. The van der Waals surface area contributed by atoms with Gasteiger partial charge >= 0.3 is 11.8 Å². The van der Waals surface area contributed by atoms with Crippen molar-refractivity contribution < 1.29 is 28.6 Å². The van der Waals surface area contributed by atoms with Crippen LogP contribution >= 0.6 is 0 Å². The van der Waals surface area contributed by atoms with Crippen LogP contribution in [-0.4, -0.2) is 37.3 Å². The summed E-state index contributed by atoms with van der Waals surface area (Å²) in [4.78, 5) is 36.0. The highest BCUT2D eigenvalue weighted by atomic mass is 16.7. The van der Waals surface area contributed by atoms with E-state index in [1.807, 2.05) is 25.1 Å². The Labute approximate surface area is 207 Å². The normalized spacial score (nSPS) is 11.7. The third kappa shape index (κ3) is 6.83. The van der Waals surface area contributed by atoms with E-state index in [-0.39, 0.29) is 25.9 Å². The van der Waals surface area contributed by atoms with Crippen LogP contribution in [0.3, 0.4) is 0 Å². The summed E-state index contributed by atoms with van der Waals surface area (Å²) in [7, 11) is 0. The highest BCUT2D eigenvalue weighted by molar-refractivity contribution is 6.35. The van der Waals surface area contributed by atoms with Crippen molar-refractivity contribution in [3.05, 3.63) is 83.4 Å². The van der Waals surface area contributed by atoms with E-state index in [0.29, 0.717) is 28.5 Å². The number of hydrazone groups is 1. The second kappa shape index (κ2) is 11.5. The number of carbonyl (C=O) groups is 3. The summed E-state index contributed by atoms with van der Waals surface area (Å²) in [5.41, 5.74) is 5.36. The van der Waals surface area contributed by atoms with Crippen LogP contribution in [0.1, 0.15) is 16.7 Å². The number of hydrogen-bond acceptors (Lipinski definition) is 7. The fourth-order valence-electron chi connectivity index (χ4n) is 3.25. The largest absolute Gasteiger partial charge is 0.484 e. The van der Waals surface area contributed by atoms with Gasteiger partial charge in [0.2, 0.25) is 6.79 Å². The number of fused-ring (bicyclic) bond motifs is 1. The molecular weight excluding hydrogens is 464 g/mol. The average Bonchev–Trinajstić information content (AvgIpc) is 3.35. The van der Waals surface area contributed by atoms with Crippen molar-refractivity contribution in [1.82, 2.24) is 10.7 Å². The number of benzene rings is 3. The van der Waals surface area contributed by atoms with Crippen molar-refractivity contribution in [3.8, 4) is 17.2 Å². The van der Waals surface area contributed by atoms with Crippen LogP contribution in [0.25, 0.3) is 0 Å². The highest BCUT2D eigenvalue weighted by Gasteiger charge is 2.15. The Morgan fingerprint density at radius 2 is 1.78 bits per heavy atom. The monoisotopic (exact) mass is 488 g/mol. The molecule has 0 saturated heterocycles. The van der Waals surface area contributed by atoms with Gasteiger partial charge in [-0.2, -0.15) is 5.10 Å². The molecule has 3 amide bonds. The fraction of sp³-hybridized carbons (Fsp3) is 0.154. The number of nitrogens with one attached hydrogen (secondary N) is 3. The lowest BCUT2D eigenvalue weighted by atomic mass is 10.2. The zero-order valence-corrected chi connectivity index (χ0v) is 19.4. The lowest BCUT2D eigenvalue weighted by Crippen LogP contribution is -2.37. The number of hydrogen-bond donors (Lipinski definition) is 3. The number of rotatable bonds is 8. The van der Waals surface area contributed by atoms with E-state index in [2.05, 4.69) is 21.2 Å². The molecule has 0 atom stereocenters. The molecule has 10 nitrogen and oxygen atoms in total. The third-order valence-electron chi connectivity index (χ3n) is 5.03. The van der Waals surface area contributed by atoms with Crippen LogP contribution in [0.4, 0.5) is 5.69 Å². The van der Waals surface area contributed by atoms with E-state index in [0.717, 1.165) is 11.1 Å². The zero-order valence-electron chi connectivity index (χ0n) is 19.4. The minimum atomic E-state index is -0.897. The van der Waals surface area contributed by atoms with Gasteiger partial charge in [0, 0.05) is 12.2 Å². The molecule has 4 rings (SSSR count). The molecule has 3 aromatic carbocycles. The molecule has 0 saturated carbocycles. The minimum absolute atomic E-state index is 0.140. The number of anilines is 1. The molecule has 1 aliphatic heterocycles. The summed E-state index contributed by atoms with van der Waals surface area (Å²) in [6.07, 6.45) is 1.39. The van der Waals surface area contributed by atoms with Crippen LogP contribution in [0.2, 0.25) is 0 Å². The van der Waals surface area contributed by atoms with Gasteiger partial charge in [-0.05, 0) is 72.1 Å². The highest BCUT2D eigenvalue weighted by Crippen LogP contribution is 2.32. The molecule has 10 heteroatoms. The van der Waals surface area contributed by atoms with E-state index >= 15 is 0 Å². The molecule has 184 valence electrons. The third-order valence-corrected chi connectivity index (χ3v) is 5.03. The molecule has 0 fully saturated rings. The molecule has 3 aromatic rings. The van der Waals surface area contributed by atoms with Gasteiger partial charge in [0.05, 0.1) is 6.21 Å².